The zero-order valence-electron chi connectivity index (χ0n) is 14.5. The van der Waals surface area contributed by atoms with Crippen LogP contribution >= 0.6 is 34.8 Å². The summed E-state index contributed by atoms with van der Waals surface area (Å²) in [5.74, 6) is -1.31. The smallest absolute Gasteiger partial charge is 0.335 e. The van der Waals surface area contributed by atoms with Crippen LogP contribution in [0.4, 0.5) is 10.5 Å². The van der Waals surface area contributed by atoms with Crippen molar-refractivity contribution in [2.24, 2.45) is 0 Å². The average molecular weight is 440 g/mol. The van der Waals surface area contributed by atoms with Crippen LogP contribution in [-0.2, 0) is 9.59 Å². The number of halogens is 3. The summed E-state index contributed by atoms with van der Waals surface area (Å²) in [6.45, 7) is 2.16. The maximum Gasteiger partial charge on any atom is 0.335 e. The number of nitrogens with zero attached hydrogens (tertiary/aromatic N) is 1. The summed E-state index contributed by atoms with van der Waals surface area (Å²) in [5, 5.41) is 2.93. The van der Waals surface area contributed by atoms with Gasteiger partial charge in [-0.05, 0) is 48.9 Å². The molecule has 0 spiro atoms. The highest BCUT2D eigenvalue weighted by Crippen LogP contribution is 2.35. The lowest BCUT2D eigenvalue weighted by atomic mass is 10.1. The minimum atomic E-state index is -0.864. The summed E-state index contributed by atoms with van der Waals surface area (Å²) in [4.78, 5) is 38.1. The first-order chi connectivity index (χ1) is 13.3. The molecule has 144 valence electrons. The molecule has 1 heterocycles. The van der Waals surface area contributed by atoms with E-state index in [2.05, 4.69) is 5.32 Å². The Balaban J connectivity index is 2.02. The van der Waals surface area contributed by atoms with Crippen molar-refractivity contribution in [2.75, 3.05) is 11.5 Å². The molecule has 1 N–H and O–H groups in total. The summed E-state index contributed by atoms with van der Waals surface area (Å²) in [6.07, 6.45) is 1.30. The number of benzene rings is 2. The molecule has 1 aliphatic rings. The molecule has 9 heteroatoms. The second-order valence-corrected chi connectivity index (χ2v) is 6.94. The van der Waals surface area contributed by atoms with Gasteiger partial charge in [0.15, 0.2) is 5.75 Å². The van der Waals surface area contributed by atoms with Gasteiger partial charge in [0.2, 0.25) is 0 Å². The minimum absolute atomic E-state index is 0.229. The van der Waals surface area contributed by atoms with Gasteiger partial charge in [-0.25, -0.2) is 9.69 Å². The van der Waals surface area contributed by atoms with Crippen molar-refractivity contribution in [2.45, 2.75) is 6.92 Å². The van der Waals surface area contributed by atoms with Crippen LogP contribution in [0, 0.1) is 0 Å². The van der Waals surface area contributed by atoms with Gasteiger partial charge in [-0.3, -0.25) is 14.9 Å². The van der Waals surface area contributed by atoms with E-state index in [1.807, 2.05) is 0 Å². The van der Waals surface area contributed by atoms with Crippen molar-refractivity contribution < 1.29 is 19.1 Å². The number of nitrogens with one attached hydrogen (secondary N) is 1. The fourth-order valence-electron chi connectivity index (χ4n) is 2.62. The van der Waals surface area contributed by atoms with E-state index >= 15 is 0 Å². The van der Waals surface area contributed by atoms with Gasteiger partial charge in [0.1, 0.15) is 5.57 Å². The molecular formula is C19H13Cl3N2O4. The van der Waals surface area contributed by atoms with Crippen molar-refractivity contribution in [3.63, 3.8) is 0 Å². The first-order valence-corrected chi connectivity index (χ1v) is 9.24. The lowest BCUT2D eigenvalue weighted by molar-refractivity contribution is -0.122. The average Bonchev–Trinajstić information content (AvgIpc) is 2.61. The van der Waals surface area contributed by atoms with E-state index in [-0.39, 0.29) is 21.3 Å². The minimum Gasteiger partial charge on any atom is -0.491 e. The van der Waals surface area contributed by atoms with Crippen molar-refractivity contribution in [1.29, 1.82) is 0 Å². The lowest BCUT2D eigenvalue weighted by Crippen LogP contribution is -2.54. The third-order valence-electron chi connectivity index (χ3n) is 3.79. The maximum atomic E-state index is 12.8. The van der Waals surface area contributed by atoms with Gasteiger partial charge in [-0.1, -0.05) is 40.9 Å². The van der Waals surface area contributed by atoms with Gasteiger partial charge < -0.3 is 4.74 Å². The van der Waals surface area contributed by atoms with E-state index in [1.165, 1.54) is 30.3 Å². The van der Waals surface area contributed by atoms with E-state index in [0.29, 0.717) is 22.9 Å². The predicted octanol–water partition coefficient (Wildman–Crippen LogP) is 4.71. The third-order valence-corrected chi connectivity index (χ3v) is 4.58. The number of urea groups is 1. The van der Waals surface area contributed by atoms with Gasteiger partial charge in [-0.15, -0.1) is 0 Å². The number of amides is 4. The highest BCUT2D eigenvalue weighted by molar-refractivity contribution is 6.40. The Morgan fingerprint density at radius 1 is 1.07 bits per heavy atom. The van der Waals surface area contributed by atoms with Gasteiger partial charge >= 0.3 is 6.03 Å². The number of hydrogen-bond donors (Lipinski definition) is 1. The molecule has 2 aromatic carbocycles. The normalized spacial score (nSPS) is 15.8. The van der Waals surface area contributed by atoms with E-state index in [4.69, 9.17) is 39.5 Å². The summed E-state index contributed by atoms with van der Waals surface area (Å²) >= 11 is 18.3. The molecule has 0 aliphatic carbocycles. The van der Waals surface area contributed by atoms with Gasteiger partial charge in [0.25, 0.3) is 11.8 Å². The number of rotatable bonds is 4. The van der Waals surface area contributed by atoms with Crippen LogP contribution in [0.3, 0.4) is 0 Å². The molecule has 4 amide bonds. The second-order valence-electron chi connectivity index (χ2n) is 5.68. The number of imide groups is 2. The Hall–Kier alpha value is -2.54. The molecule has 1 fully saturated rings. The van der Waals surface area contributed by atoms with Crippen LogP contribution in [0.15, 0.2) is 42.0 Å². The van der Waals surface area contributed by atoms with Crippen molar-refractivity contribution in [3.8, 4) is 5.75 Å². The number of carbonyl (C=O) groups is 3. The molecule has 3 rings (SSSR count). The number of carbonyl (C=O) groups excluding carboxylic acids is 3. The SMILES string of the molecule is CCOc1c(Cl)cc(/C=C2\C(=O)NC(=O)N(c3cccc(Cl)c3)C2=O)cc1Cl. The Labute approximate surface area is 175 Å². The quantitative estimate of drug-likeness (QED) is 0.553. The van der Waals surface area contributed by atoms with Crippen molar-refractivity contribution in [3.05, 3.63) is 62.6 Å². The summed E-state index contributed by atoms with van der Waals surface area (Å²) < 4.78 is 5.36. The predicted molar refractivity (Wildman–Crippen MR) is 108 cm³/mol. The van der Waals surface area contributed by atoms with Crippen LogP contribution in [-0.4, -0.2) is 24.5 Å². The number of ether oxygens (including phenoxy) is 1. The summed E-state index contributed by atoms with van der Waals surface area (Å²) in [6, 6.07) is 8.31. The molecule has 6 nitrogen and oxygen atoms in total. The molecule has 1 saturated heterocycles. The monoisotopic (exact) mass is 438 g/mol. The van der Waals surface area contributed by atoms with Gasteiger partial charge in [0.05, 0.1) is 22.3 Å². The largest absolute Gasteiger partial charge is 0.491 e. The standard InChI is InChI=1S/C19H13Cl3N2O4/c1-2-28-16-14(21)7-10(8-15(16)22)6-13-17(25)23-19(27)24(18(13)26)12-5-3-4-11(20)9-12/h3-9H,2H2,1H3,(H,23,25,27)/b13-6+. The fourth-order valence-corrected chi connectivity index (χ4v) is 3.42. The molecule has 0 radical (unpaired) electrons. The maximum absolute atomic E-state index is 12.8. The van der Waals surface area contributed by atoms with Crippen LogP contribution in [0.25, 0.3) is 6.08 Å². The molecule has 0 unspecified atom stereocenters. The molecule has 1 aliphatic heterocycles. The molecule has 2 aromatic rings. The number of anilines is 1. The molecular weight excluding hydrogens is 427 g/mol. The van der Waals surface area contributed by atoms with Gasteiger partial charge in [0, 0.05) is 5.02 Å². The number of hydrogen-bond acceptors (Lipinski definition) is 4. The highest BCUT2D eigenvalue weighted by Gasteiger charge is 2.36. The fraction of sp³-hybridized carbons (Fsp3) is 0.105. The Bertz CT molecular complexity index is 997. The van der Waals surface area contributed by atoms with Crippen LogP contribution in [0.1, 0.15) is 12.5 Å². The van der Waals surface area contributed by atoms with Crippen LogP contribution in [0.5, 0.6) is 5.75 Å². The zero-order chi connectivity index (χ0) is 20.4. The zero-order valence-corrected chi connectivity index (χ0v) is 16.7. The molecule has 28 heavy (non-hydrogen) atoms. The first-order valence-electron chi connectivity index (χ1n) is 8.10. The highest BCUT2D eigenvalue weighted by atomic mass is 35.5. The van der Waals surface area contributed by atoms with Crippen molar-refractivity contribution in [1.82, 2.24) is 5.32 Å². The lowest BCUT2D eigenvalue weighted by Gasteiger charge is -2.26. The van der Waals surface area contributed by atoms with Crippen LogP contribution in [0.2, 0.25) is 15.1 Å². The Morgan fingerprint density at radius 3 is 2.36 bits per heavy atom. The molecule has 0 aromatic heterocycles. The van der Waals surface area contributed by atoms with E-state index in [1.54, 1.807) is 19.1 Å². The third kappa shape index (κ3) is 3.99. The Morgan fingerprint density at radius 2 is 1.75 bits per heavy atom. The van der Waals surface area contributed by atoms with E-state index < -0.39 is 17.8 Å². The summed E-state index contributed by atoms with van der Waals surface area (Å²) in [7, 11) is 0. The van der Waals surface area contributed by atoms with Crippen molar-refractivity contribution >= 4 is 64.4 Å². The number of barbiturate groups is 1. The van der Waals surface area contributed by atoms with Crippen LogP contribution < -0.4 is 15.0 Å². The summed E-state index contributed by atoms with van der Waals surface area (Å²) in [5.41, 5.74) is 0.379. The first kappa shape index (κ1) is 20.2. The van der Waals surface area contributed by atoms with Gasteiger partial charge in [-0.2, -0.15) is 0 Å². The molecule has 0 bridgehead atoms. The van der Waals surface area contributed by atoms with E-state index in [0.717, 1.165) is 4.90 Å². The molecule has 0 saturated carbocycles. The Kier molecular flexibility index (Phi) is 5.93. The van der Waals surface area contributed by atoms with E-state index in [9.17, 15) is 14.4 Å². The second kappa shape index (κ2) is 8.22. The molecule has 0 atom stereocenters. The topological polar surface area (TPSA) is 75.7 Å².